The van der Waals surface area contributed by atoms with Crippen molar-refractivity contribution >= 4 is 12.2 Å². The molecule has 0 bridgehead atoms. The van der Waals surface area contributed by atoms with Crippen molar-refractivity contribution in [3.63, 3.8) is 0 Å². The van der Waals surface area contributed by atoms with Crippen LogP contribution in [0.5, 0.6) is 11.5 Å². The van der Waals surface area contributed by atoms with Gasteiger partial charge >= 0.3 is 0 Å². The van der Waals surface area contributed by atoms with E-state index in [1.165, 1.54) is 6.07 Å². The molecule has 0 spiro atoms. The van der Waals surface area contributed by atoms with E-state index < -0.39 is 0 Å². The third-order valence-corrected chi connectivity index (χ3v) is 2.69. The molecule has 0 unspecified atom stereocenters. The minimum Gasteiger partial charge on any atom is -0.497 e. The van der Waals surface area contributed by atoms with Gasteiger partial charge in [-0.05, 0) is 29.8 Å². The first-order chi connectivity index (χ1) is 9.22. The molecule has 0 radical (unpaired) electrons. The predicted molar refractivity (Wildman–Crippen MR) is 75.5 cm³/mol. The highest BCUT2D eigenvalue weighted by Crippen LogP contribution is 2.25. The fraction of sp³-hybridized carbons (Fsp3) is 0.133. The standard InChI is InChI=1S/C15H15NO3/c1-18-13-5-6-14(19-2)12(10-13)4-3-11-7-8-16-15(17)9-11/h3-10H,1-2H3,(H,16,17)/b4-3+. The van der Waals surface area contributed by atoms with Crippen LogP contribution < -0.4 is 15.0 Å². The molecule has 0 atom stereocenters. The maximum Gasteiger partial charge on any atom is 0.248 e. The van der Waals surface area contributed by atoms with Gasteiger partial charge in [-0.25, -0.2) is 0 Å². The van der Waals surface area contributed by atoms with Gasteiger partial charge in [0.05, 0.1) is 14.2 Å². The van der Waals surface area contributed by atoms with Crippen LogP contribution in [-0.4, -0.2) is 19.2 Å². The Balaban J connectivity index is 2.34. The van der Waals surface area contributed by atoms with Gasteiger partial charge < -0.3 is 14.5 Å². The van der Waals surface area contributed by atoms with Crippen LogP contribution in [0.25, 0.3) is 12.2 Å². The van der Waals surface area contributed by atoms with E-state index in [4.69, 9.17) is 9.47 Å². The molecule has 0 amide bonds. The first kappa shape index (κ1) is 13.0. The van der Waals surface area contributed by atoms with Crippen LogP contribution in [-0.2, 0) is 0 Å². The molecule has 19 heavy (non-hydrogen) atoms. The number of aromatic amines is 1. The van der Waals surface area contributed by atoms with Gasteiger partial charge in [0.1, 0.15) is 11.5 Å². The summed E-state index contributed by atoms with van der Waals surface area (Å²) in [6, 6.07) is 8.91. The zero-order valence-corrected chi connectivity index (χ0v) is 10.8. The van der Waals surface area contributed by atoms with Gasteiger partial charge in [-0.1, -0.05) is 12.2 Å². The minimum atomic E-state index is -0.125. The minimum absolute atomic E-state index is 0.125. The number of hydrogen-bond donors (Lipinski definition) is 1. The maximum absolute atomic E-state index is 11.2. The van der Waals surface area contributed by atoms with Crippen molar-refractivity contribution in [1.82, 2.24) is 4.98 Å². The van der Waals surface area contributed by atoms with Crippen LogP contribution in [0.2, 0.25) is 0 Å². The second-order valence-electron chi connectivity index (χ2n) is 3.93. The Labute approximate surface area is 111 Å². The summed E-state index contributed by atoms with van der Waals surface area (Å²) in [6.45, 7) is 0. The molecule has 4 heteroatoms. The lowest BCUT2D eigenvalue weighted by Gasteiger charge is -2.07. The molecule has 1 N–H and O–H groups in total. The summed E-state index contributed by atoms with van der Waals surface area (Å²) in [7, 11) is 3.23. The van der Waals surface area contributed by atoms with E-state index in [2.05, 4.69) is 4.98 Å². The van der Waals surface area contributed by atoms with Crippen LogP contribution in [0.1, 0.15) is 11.1 Å². The van der Waals surface area contributed by atoms with Gasteiger partial charge in [0, 0.05) is 17.8 Å². The summed E-state index contributed by atoms with van der Waals surface area (Å²) >= 11 is 0. The number of aromatic nitrogens is 1. The first-order valence-electron chi connectivity index (χ1n) is 5.82. The molecule has 1 aromatic heterocycles. The predicted octanol–water partition coefficient (Wildman–Crippen LogP) is 2.56. The quantitative estimate of drug-likeness (QED) is 0.915. The normalized spacial score (nSPS) is 10.6. The molecule has 0 fully saturated rings. The van der Waals surface area contributed by atoms with Crippen molar-refractivity contribution in [2.45, 2.75) is 0 Å². The number of benzene rings is 1. The van der Waals surface area contributed by atoms with Crippen molar-refractivity contribution in [1.29, 1.82) is 0 Å². The zero-order chi connectivity index (χ0) is 13.7. The van der Waals surface area contributed by atoms with Gasteiger partial charge in [0.15, 0.2) is 0 Å². The van der Waals surface area contributed by atoms with Gasteiger partial charge in [0.25, 0.3) is 0 Å². The monoisotopic (exact) mass is 257 g/mol. The molecule has 0 saturated heterocycles. The molecule has 0 aliphatic rings. The van der Waals surface area contributed by atoms with Crippen molar-refractivity contribution in [3.05, 3.63) is 58.0 Å². The van der Waals surface area contributed by atoms with E-state index in [0.717, 1.165) is 22.6 Å². The molecule has 1 aromatic carbocycles. The Morgan fingerprint density at radius 1 is 1.05 bits per heavy atom. The van der Waals surface area contributed by atoms with Gasteiger partial charge in [-0.3, -0.25) is 4.79 Å². The van der Waals surface area contributed by atoms with Gasteiger partial charge in [-0.2, -0.15) is 0 Å². The SMILES string of the molecule is COc1ccc(OC)c(/C=C/c2cc[nH]c(=O)c2)c1. The molecular weight excluding hydrogens is 242 g/mol. The van der Waals surface area contributed by atoms with Crippen molar-refractivity contribution in [2.24, 2.45) is 0 Å². The zero-order valence-electron chi connectivity index (χ0n) is 10.8. The third-order valence-electron chi connectivity index (χ3n) is 2.69. The number of hydrogen-bond acceptors (Lipinski definition) is 3. The Morgan fingerprint density at radius 2 is 1.89 bits per heavy atom. The number of pyridine rings is 1. The number of H-pyrrole nitrogens is 1. The fourth-order valence-electron chi connectivity index (χ4n) is 1.72. The molecule has 4 nitrogen and oxygen atoms in total. The van der Waals surface area contributed by atoms with E-state index >= 15 is 0 Å². The Bertz CT molecular complexity index is 644. The summed E-state index contributed by atoms with van der Waals surface area (Å²) in [4.78, 5) is 13.8. The number of ether oxygens (including phenoxy) is 2. The van der Waals surface area contributed by atoms with Crippen LogP contribution in [0.4, 0.5) is 0 Å². The maximum atomic E-state index is 11.2. The lowest BCUT2D eigenvalue weighted by Crippen LogP contribution is -2.01. The highest BCUT2D eigenvalue weighted by molar-refractivity contribution is 5.73. The van der Waals surface area contributed by atoms with Crippen molar-refractivity contribution < 1.29 is 9.47 Å². The highest BCUT2D eigenvalue weighted by Gasteiger charge is 2.01. The summed E-state index contributed by atoms with van der Waals surface area (Å²) < 4.78 is 10.5. The average molecular weight is 257 g/mol. The van der Waals surface area contributed by atoms with Gasteiger partial charge in [-0.15, -0.1) is 0 Å². The number of rotatable bonds is 4. The summed E-state index contributed by atoms with van der Waals surface area (Å²) in [5.74, 6) is 1.51. The van der Waals surface area contributed by atoms with E-state index in [9.17, 15) is 4.79 Å². The molecule has 2 rings (SSSR count). The fourth-order valence-corrected chi connectivity index (χ4v) is 1.72. The van der Waals surface area contributed by atoms with Gasteiger partial charge in [0.2, 0.25) is 5.56 Å². The lowest BCUT2D eigenvalue weighted by atomic mass is 10.1. The molecular formula is C15H15NO3. The molecule has 0 aliphatic heterocycles. The Morgan fingerprint density at radius 3 is 2.58 bits per heavy atom. The summed E-state index contributed by atoms with van der Waals surface area (Å²) in [6.07, 6.45) is 5.35. The smallest absolute Gasteiger partial charge is 0.248 e. The highest BCUT2D eigenvalue weighted by atomic mass is 16.5. The van der Waals surface area contributed by atoms with Crippen LogP contribution in [0, 0.1) is 0 Å². The van der Waals surface area contributed by atoms with E-state index in [1.54, 1.807) is 20.4 Å². The topological polar surface area (TPSA) is 51.3 Å². The second-order valence-corrected chi connectivity index (χ2v) is 3.93. The number of methoxy groups -OCH3 is 2. The van der Waals surface area contributed by atoms with Crippen LogP contribution >= 0.6 is 0 Å². The third kappa shape index (κ3) is 3.25. The molecule has 2 aromatic rings. The lowest BCUT2D eigenvalue weighted by molar-refractivity contribution is 0.402. The van der Waals surface area contributed by atoms with Crippen molar-refractivity contribution in [2.75, 3.05) is 14.2 Å². The summed E-state index contributed by atoms with van der Waals surface area (Å²) in [5, 5.41) is 0. The van der Waals surface area contributed by atoms with E-state index in [0.29, 0.717) is 0 Å². The molecule has 1 heterocycles. The van der Waals surface area contributed by atoms with Crippen molar-refractivity contribution in [3.8, 4) is 11.5 Å². The largest absolute Gasteiger partial charge is 0.497 e. The molecule has 98 valence electrons. The number of nitrogens with one attached hydrogen (secondary N) is 1. The second kappa shape index (κ2) is 5.91. The van der Waals surface area contributed by atoms with Crippen LogP contribution in [0.3, 0.4) is 0 Å². The molecule has 0 saturated carbocycles. The van der Waals surface area contributed by atoms with Crippen LogP contribution in [0.15, 0.2) is 41.3 Å². The van der Waals surface area contributed by atoms with E-state index in [-0.39, 0.29) is 5.56 Å². The first-order valence-corrected chi connectivity index (χ1v) is 5.82. The van der Waals surface area contributed by atoms with E-state index in [1.807, 2.05) is 36.4 Å². The summed E-state index contributed by atoms with van der Waals surface area (Å²) in [5.41, 5.74) is 1.59. The molecule has 0 aliphatic carbocycles. The Kier molecular flexibility index (Phi) is 4.03. The Hall–Kier alpha value is -2.49. The average Bonchev–Trinajstić information content (AvgIpc) is 2.45.